The fraction of sp³-hybridized carbons (Fsp3) is 0.706. The third-order valence-electron chi connectivity index (χ3n) is 3.73. The maximum atomic E-state index is 5.83. The molecule has 2 N–H and O–H groups in total. The first-order valence-corrected chi connectivity index (χ1v) is 8.04. The Bertz CT molecular complexity index is 323. The summed E-state index contributed by atoms with van der Waals surface area (Å²) in [5.74, 6) is 0.707. The summed E-state index contributed by atoms with van der Waals surface area (Å²) in [5.41, 5.74) is 7.04. The van der Waals surface area contributed by atoms with Gasteiger partial charge in [0.2, 0.25) is 0 Å². The molecule has 0 aliphatic carbocycles. The summed E-state index contributed by atoms with van der Waals surface area (Å²) in [6.07, 6.45) is 16.6. The van der Waals surface area contributed by atoms with Gasteiger partial charge in [0.05, 0.1) is 0 Å². The Kier molecular flexibility index (Phi) is 9.13. The molecule has 0 fully saturated rings. The average Bonchev–Trinajstić information content (AvgIpc) is 2.43. The van der Waals surface area contributed by atoms with Gasteiger partial charge in [0.25, 0.3) is 0 Å². The summed E-state index contributed by atoms with van der Waals surface area (Å²) in [4.78, 5) is 4.12. The molecule has 0 saturated carbocycles. The fourth-order valence-electron chi connectivity index (χ4n) is 2.47. The number of aromatic nitrogens is 1. The number of hydrogen-bond donors (Lipinski definition) is 1. The summed E-state index contributed by atoms with van der Waals surface area (Å²) in [6.45, 7) is 2.27. The summed E-state index contributed by atoms with van der Waals surface area (Å²) in [6, 6.07) is 4.07. The molecule has 2 heteroatoms. The number of nitrogens with zero attached hydrogens (tertiary/aromatic N) is 1. The van der Waals surface area contributed by atoms with Gasteiger partial charge in [0.1, 0.15) is 5.82 Å². The van der Waals surface area contributed by atoms with Crippen LogP contribution >= 0.6 is 0 Å². The third-order valence-corrected chi connectivity index (χ3v) is 3.73. The van der Waals surface area contributed by atoms with Crippen LogP contribution in [0.15, 0.2) is 18.3 Å². The van der Waals surface area contributed by atoms with Crippen LogP contribution in [0.4, 0.5) is 5.82 Å². The standard InChI is InChI=1S/C17H30N2/c1-2-3-4-5-6-7-8-9-10-11-13-16-14-12-15-19-17(16)18/h12,14-15H,2-11,13H2,1H3,(H2,18,19). The molecule has 0 atom stereocenters. The zero-order valence-electron chi connectivity index (χ0n) is 12.5. The van der Waals surface area contributed by atoms with Gasteiger partial charge in [-0.2, -0.15) is 0 Å². The third kappa shape index (κ3) is 7.86. The minimum atomic E-state index is 0.707. The van der Waals surface area contributed by atoms with Crippen molar-refractivity contribution in [2.24, 2.45) is 0 Å². The normalized spacial score (nSPS) is 10.8. The van der Waals surface area contributed by atoms with E-state index in [0.717, 1.165) is 6.42 Å². The van der Waals surface area contributed by atoms with Crippen molar-refractivity contribution in [2.45, 2.75) is 77.6 Å². The number of nitrogens with two attached hydrogens (primary N) is 1. The molecule has 0 radical (unpaired) electrons. The number of rotatable bonds is 11. The first kappa shape index (κ1) is 16.0. The van der Waals surface area contributed by atoms with E-state index in [4.69, 9.17) is 5.73 Å². The molecule has 1 rings (SSSR count). The number of nitrogen functional groups attached to an aromatic ring is 1. The van der Waals surface area contributed by atoms with Crippen LogP contribution in [-0.2, 0) is 6.42 Å². The molecule has 108 valence electrons. The van der Waals surface area contributed by atoms with Crippen molar-refractivity contribution in [3.63, 3.8) is 0 Å². The van der Waals surface area contributed by atoms with Crippen LogP contribution in [0.5, 0.6) is 0 Å². The number of unbranched alkanes of at least 4 members (excludes halogenated alkanes) is 9. The second-order valence-corrected chi connectivity index (χ2v) is 5.48. The Labute approximate surface area is 118 Å². The quantitative estimate of drug-likeness (QED) is 0.562. The maximum absolute atomic E-state index is 5.83. The van der Waals surface area contributed by atoms with Crippen molar-refractivity contribution in [3.8, 4) is 0 Å². The Morgan fingerprint density at radius 1 is 0.895 bits per heavy atom. The Hall–Kier alpha value is -1.05. The lowest BCUT2D eigenvalue weighted by molar-refractivity contribution is 0.556. The van der Waals surface area contributed by atoms with Gasteiger partial charge in [-0.15, -0.1) is 0 Å². The molecule has 0 amide bonds. The predicted molar refractivity (Wildman–Crippen MR) is 84.2 cm³/mol. The van der Waals surface area contributed by atoms with E-state index < -0.39 is 0 Å². The monoisotopic (exact) mass is 262 g/mol. The summed E-state index contributed by atoms with van der Waals surface area (Å²) >= 11 is 0. The number of hydrogen-bond acceptors (Lipinski definition) is 2. The van der Waals surface area contributed by atoms with Gasteiger partial charge in [-0.3, -0.25) is 0 Å². The van der Waals surface area contributed by atoms with E-state index >= 15 is 0 Å². The Morgan fingerprint density at radius 2 is 1.47 bits per heavy atom. The van der Waals surface area contributed by atoms with Crippen LogP contribution in [-0.4, -0.2) is 4.98 Å². The average molecular weight is 262 g/mol. The second-order valence-electron chi connectivity index (χ2n) is 5.48. The maximum Gasteiger partial charge on any atom is 0.126 e. The summed E-state index contributed by atoms with van der Waals surface area (Å²) < 4.78 is 0. The molecule has 0 aliphatic heterocycles. The number of aryl methyl sites for hydroxylation is 1. The van der Waals surface area contributed by atoms with Gasteiger partial charge < -0.3 is 5.73 Å². The Balaban J connectivity index is 1.90. The van der Waals surface area contributed by atoms with E-state index in [1.165, 1.54) is 69.8 Å². The van der Waals surface area contributed by atoms with Gasteiger partial charge in [-0.1, -0.05) is 70.8 Å². The van der Waals surface area contributed by atoms with Gasteiger partial charge >= 0.3 is 0 Å². The van der Waals surface area contributed by atoms with E-state index in [1.807, 2.05) is 6.07 Å². The van der Waals surface area contributed by atoms with Crippen molar-refractivity contribution in [2.75, 3.05) is 5.73 Å². The first-order chi connectivity index (χ1) is 9.34. The highest BCUT2D eigenvalue weighted by atomic mass is 14.8. The largest absolute Gasteiger partial charge is 0.383 e. The lowest BCUT2D eigenvalue weighted by Crippen LogP contribution is -1.97. The van der Waals surface area contributed by atoms with Crippen molar-refractivity contribution in [1.29, 1.82) is 0 Å². The van der Waals surface area contributed by atoms with Crippen molar-refractivity contribution in [1.82, 2.24) is 4.98 Å². The fourth-order valence-corrected chi connectivity index (χ4v) is 2.47. The molecular weight excluding hydrogens is 232 g/mol. The number of anilines is 1. The SMILES string of the molecule is CCCCCCCCCCCCc1cccnc1N. The molecule has 0 aromatic carbocycles. The molecule has 1 aromatic rings. The van der Waals surface area contributed by atoms with Crippen LogP contribution in [0.3, 0.4) is 0 Å². The number of pyridine rings is 1. The van der Waals surface area contributed by atoms with E-state index in [2.05, 4.69) is 18.0 Å². The zero-order chi connectivity index (χ0) is 13.8. The molecule has 0 spiro atoms. The van der Waals surface area contributed by atoms with Crippen LogP contribution in [0.25, 0.3) is 0 Å². The van der Waals surface area contributed by atoms with Crippen LogP contribution in [0.2, 0.25) is 0 Å². The van der Waals surface area contributed by atoms with Crippen LogP contribution < -0.4 is 5.73 Å². The highest BCUT2D eigenvalue weighted by Crippen LogP contribution is 2.14. The van der Waals surface area contributed by atoms with Crippen LogP contribution in [0, 0.1) is 0 Å². The molecule has 0 bridgehead atoms. The van der Waals surface area contributed by atoms with E-state index in [1.54, 1.807) is 6.20 Å². The van der Waals surface area contributed by atoms with Gasteiger partial charge in [0, 0.05) is 6.20 Å². The topological polar surface area (TPSA) is 38.9 Å². The van der Waals surface area contributed by atoms with Gasteiger partial charge in [-0.25, -0.2) is 4.98 Å². The molecule has 0 aliphatic rings. The molecular formula is C17H30N2. The lowest BCUT2D eigenvalue weighted by Gasteiger charge is -2.04. The van der Waals surface area contributed by atoms with E-state index in [0.29, 0.717) is 5.82 Å². The molecule has 19 heavy (non-hydrogen) atoms. The van der Waals surface area contributed by atoms with Gasteiger partial charge in [-0.05, 0) is 24.5 Å². The van der Waals surface area contributed by atoms with E-state index in [-0.39, 0.29) is 0 Å². The second kappa shape index (κ2) is 10.8. The van der Waals surface area contributed by atoms with Crippen LogP contribution in [0.1, 0.15) is 76.7 Å². The molecule has 2 nitrogen and oxygen atoms in total. The minimum absolute atomic E-state index is 0.707. The van der Waals surface area contributed by atoms with Crippen molar-refractivity contribution >= 4 is 5.82 Å². The zero-order valence-corrected chi connectivity index (χ0v) is 12.5. The lowest BCUT2D eigenvalue weighted by atomic mass is 10.0. The summed E-state index contributed by atoms with van der Waals surface area (Å²) in [7, 11) is 0. The molecule has 0 unspecified atom stereocenters. The first-order valence-electron chi connectivity index (χ1n) is 8.04. The highest BCUT2D eigenvalue weighted by Gasteiger charge is 1.98. The van der Waals surface area contributed by atoms with Crippen molar-refractivity contribution in [3.05, 3.63) is 23.9 Å². The smallest absolute Gasteiger partial charge is 0.126 e. The predicted octanol–water partition coefficient (Wildman–Crippen LogP) is 5.13. The van der Waals surface area contributed by atoms with Crippen molar-refractivity contribution < 1.29 is 0 Å². The molecule has 1 aromatic heterocycles. The summed E-state index contributed by atoms with van der Waals surface area (Å²) in [5, 5.41) is 0. The Morgan fingerprint density at radius 3 is 2.05 bits per heavy atom. The van der Waals surface area contributed by atoms with Gasteiger partial charge in [0.15, 0.2) is 0 Å². The highest BCUT2D eigenvalue weighted by molar-refractivity contribution is 5.38. The molecule has 1 heterocycles. The molecule has 0 saturated heterocycles. The van der Waals surface area contributed by atoms with E-state index in [9.17, 15) is 0 Å². The minimum Gasteiger partial charge on any atom is -0.383 e.